The number of hydrogen-bond acceptors (Lipinski definition) is 5. The van der Waals surface area contributed by atoms with Crippen molar-refractivity contribution >= 4 is 29.1 Å². The molecule has 3 rings (SSSR count). The summed E-state index contributed by atoms with van der Waals surface area (Å²) in [5.41, 5.74) is 1.63. The molecule has 0 radical (unpaired) electrons. The lowest BCUT2D eigenvalue weighted by Crippen LogP contribution is -2.50. The third kappa shape index (κ3) is 4.70. The smallest absolute Gasteiger partial charge is 0.321 e. The van der Waals surface area contributed by atoms with Gasteiger partial charge in [0, 0.05) is 43.6 Å². The number of aromatic nitrogens is 1. The molecule has 1 atom stereocenters. The zero-order chi connectivity index (χ0) is 20.1. The number of nitrogens with one attached hydrogen (secondary N) is 1. The number of pyridine rings is 1. The van der Waals surface area contributed by atoms with Gasteiger partial charge in [-0.15, -0.1) is 0 Å². The van der Waals surface area contributed by atoms with E-state index in [1.54, 1.807) is 35.2 Å². The predicted molar refractivity (Wildman–Crippen MR) is 105 cm³/mol. The first-order valence-electron chi connectivity index (χ1n) is 8.92. The van der Waals surface area contributed by atoms with Crippen molar-refractivity contribution in [1.82, 2.24) is 9.88 Å². The Balaban J connectivity index is 1.57. The standard InChI is InChI=1S/C19H22ClFN4O3/c20-16-9-14(17(27)12-26)11-22-18(16)24-5-7-25(8-6-24)19(28)23-15-3-1-13(10-21)2-4-15/h1-4,9,11,17,26-27H,5-8,10,12H2,(H,23,28)/t17-/m1/s1. The maximum atomic E-state index is 12.6. The summed E-state index contributed by atoms with van der Waals surface area (Å²) < 4.78 is 12.6. The Morgan fingerprint density at radius 2 is 1.93 bits per heavy atom. The molecule has 2 aromatic rings. The molecular weight excluding hydrogens is 387 g/mol. The topological polar surface area (TPSA) is 88.9 Å². The first kappa shape index (κ1) is 20.3. The van der Waals surface area contributed by atoms with Gasteiger partial charge in [0.15, 0.2) is 0 Å². The monoisotopic (exact) mass is 408 g/mol. The number of alkyl halides is 1. The summed E-state index contributed by atoms with van der Waals surface area (Å²) in [6.07, 6.45) is 0.473. The number of rotatable bonds is 5. The molecule has 0 bridgehead atoms. The Labute approximate surface area is 167 Å². The molecule has 2 heterocycles. The first-order valence-corrected chi connectivity index (χ1v) is 9.29. The Hall–Kier alpha value is -2.42. The van der Waals surface area contributed by atoms with Crippen molar-refractivity contribution in [2.45, 2.75) is 12.8 Å². The molecule has 2 amide bonds. The van der Waals surface area contributed by atoms with Gasteiger partial charge >= 0.3 is 6.03 Å². The molecule has 1 aliphatic rings. The number of piperazine rings is 1. The summed E-state index contributed by atoms with van der Waals surface area (Å²) in [4.78, 5) is 20.4. The zero-order valence-corrected chi connectivity index (χ0v) is 15.9. The number of carbonyl (C=O) groups excluding carboxylic acids is 1. The van der Waals surface area contributed by atoms with Crippen LogP contribution < -0.4 is 10.2 Å². The van der Waals surface area contributed by atoms with E-state index in [1.807, 2.05) is 4.90 Å². The molecule has 0 aliphatic carbocycles. The molecule has 1 aliphatic heterocycles. The fourth-order valence-electron chi connectivity index (χ4n) is 2.97. The van der Waals surface area contributed by atoms with E-state index in [0.717, 1.165) is 0 Å². The molecule has 150 valence electrons. The molecule has 1 saturated heterocycles. The second-order valence-corrected chi connectivity index (χ2v) is 6.91. The van der Waals surface area contributed by atoms with Gasteiger partial charge in [0.2, 0.25) is 0 Å². The quantitative estimate of drug-likeness (QED) is 0.707. The fourth-order valence-corrected chi connectivity index (χ4v) is 3.26. The van der Waals surface area contributed by atoms with Gasteiger partial charge in [-0.2, -0.15) is 0 Å². The molecule has 28 heavy (non-hydrogen) atoms. The number of hydrogen-bond donors (Lipinski definition) is 3. The lowest BCUT2D eigenvalue weighted by atomic mass is 10.1. The molecule has 1 fully saturated rings. The van der Waals surface area contributed by atoms with Crippen molar-refractivity contribution in [1.29, 1.82) is 0 Å². The van der Waals surface area contributed by atoms with E-state index in [0.29, 0.717) is 53.8 Å². The highest BCUT2D eigenvalue weighted by atomic mass is 35.5. The first-order chi connectivity index (χ1) is 13.5. The van der Waals surface area contributed by atoms with Crippen LogP contribution >= 0.6 is 11.6 Å². The van der Waals surface area contributed by atoms with E-state index < -0.39 is 19.4 Å². The fraction of sp³-hybridized carbons (Fsp3) is 0.368. The molecular formula is C19H22ClFN4O3. The van der Waals surface area contributed by atoms with E-state index >= 15 is 0 Å². The van der Waals surface area contributed by atoms with Gasteiger partial charge in [-0.3, -0.25) is 0 Å². The van der Waals surface area contributed by atoms with E-state index in [4.69, 9.17) is 16.7 Å². The molecule has 0 unspecified atom stereocenters. The summed E-state index contributed by atoms with van der Waals surface area (Å²) in [5.74, 6) is 0.581. The zero-order valence-electron chi connectivity index (χ0n) is 15.2. The van der Waals surface area contributed by atoms with Crippen LogP contribution in [0.5, 0.6) is 0 Å². The third-order valence-corrected chi connectivity index (χ3v) is 4.90. The van der Waals surface area contributed by atoms with E-state index in [9.17, 15) is 14.3 Å². The van der Waals surface area contributed by atoms with Gasteiger partial charge in [-0.05, 0) is 23.8 Å². The van der Waals surface area contributed by atoms with Crippen LogP contribution in [-0.2, 0) is 6.67 Å². The number of anilines is 2. The highest BCUT2D eigenvalue weighted by Gasteiger charge is 2.23. The van der Waals surface area contributed by atoms with Crippen molar-refractivity contribution < 1.29 is 19.4 Å². The maximum Gasteiger partial charge on any atom is 0.321 e. The number of urea groups is 1. The Bertz CT molecular complexity index is 813. The largest absolute Gasteiger partial charge is 0.393 e. The molecule has 0 spiro atoms. The summed E-state index contributed by atoms with van der Waals surface area (Å²) in [6.45, 7) is 1.17. The van der Waals surface area contributed by atoms with Crippen LogP contribution in [-0.4, -0.2) is 58.9 Å². The average Bonchev–Trinajstić information content (AvgIpc) is 2.73. The van der Waals surface area contributed by atoms with Crippen LogP contribution in [0.15, 0.2) is 36.5 Å². The van der Waals surface area contributed by atoms with Crippen molar-refractivity contribution in [3.63, 3.8) is 0 Å². The second-order valence-electron chi connectivity index (χ2n) is 6.51. The minimum Gasteiger partial charge on any atom is -0.393 e. The summed E-state index contributed by atoms with van der Waals surface area (Å²) in [7, 11) is 0. The lowest BCUT2D eigenvalue weighted by molar-refractivity contribution is 0.0953. The molecule has 1 aromatic heterocycles. The van der Waals surface area contributed by atoms with Crippen LogP contribution in [0.2, 0.25) is 5.02 Å². The van der Waals surface area contributed by atoms with Crippen LogP contribution in [0.3, 0.4) is 0 Å². The summed E-state index contributed by atoms with van der Waals surface area (Å²) >= 11 is 6.28. The van der Waals surface area contributed by atoms with Crippen LogP contribution in [0, 0.1) is 0 Å². The lowest BCUT2D eigenvalue weighted by Gasteiger charge is -2.35. The minimum atomic E-state index is -1.02. The van der Waals surface area contributed by atoms with Gasteiger partial charge < -0.3 is 25.3 Å². The molecule has 1 aromatic carbocycles. The second kappa shape index (κ2) is 9.18. The SMILES string of the molecule is O=C(Nc1ccc(CF)cc1)N1CCN(c2ncc([C@H](O)CO)cc2Cl)CC1. The molecule has 0 saturated carbocycles. The summed E-state index contributed by atoms with van der Waals surface area (Å²) in [6, 6.07) is 8.00. The van der Waals surface area contributed by atoms with Gasteiger partial charge in [-0.1, -0.05) is 23.7 Å². The van der Waals surface area contributed by atoms with Gasteiger partial charge in [0.1, 0.15) is 18.6 Å². The number of benzene rings is 1. The van der Waals surface area contributed by atoms with Crippen molar-refractivity contribution in [3.8, 4) is 0 Å². The van der Waals surface area contributed by atoms with Crippen LogP contribution in [0.4, 0.5) is 20.7 Å². The molecule has 7 nitrogen and oxygen atoms in total. The van der Waals surface area contributed by atoms with Crippen LogP contribution in [0.1, 0.15) is 17.2 Å². The Kier molecular flexibility index (Phi) is 6.66. The van der Waals surface area contributed by atoms with Crippen molar-refractivity contribution in [2.24, 2.45) is 0 Å². The normalized spacial score (nSPS) is 15.4. The van der Waals surface area contributed by atoms with Gasteiger partial charge in [0.05, 0.1) is 11.6 Å². The Morgan fingerprint density at radius 3 is 2.50 bits per heavy atom. The van der Waals surface area contributed by atoms with Crippen molar-refractivity contribution in [3.05, 3.63) is 52.7 Å². The van der Waals surface area contributed by atoms with E-state index in [2.05, 4.69) is 10.3 Å². The van der Waals surface area contributed by atoms with Crippen molar-refractivity contribution in [2.75, 3.05) is 43.0 Å². The number of carbonyl (C=O) groups is 1. The highest BCUT2D eigenvalue weighted by Crippen LogP contribution is 2.27. The number of halogens is 2. The number of aliphatic hydroxyl groups is 2. The molecule has 3 N–H and O–H groups in total. The minimum absolute atomic E-state index is 0.215. The third-order valence-electron chi connectivity index (χ3n) is 4.63. The number of nitrogens with zero attached hydrogens (tertiary/aromatic N) is 3. The number of aliphatic hydroxyl groups excluding tert-OH is 2. The number of amides is 2. The Morgan fingerprint density at radius 1 is 1.25 bits per heavy atom. The summed E-state index contributed by atoms with van der Waals surface area (Å²) in [5, 5.41) is 21.9. The average molecular weight is 409 g/mol. The van der Waals surface area contributed by atoms with E-state index in [1.165, 1.54) is 6.20 Å². The van der Waals surface area contributed by atoms with Gasteiger partial charge in [0.25, 0.3) is 0 Å². The highest BCUT2D eigenvalue weighted by molar-refractivity contribution is 6.33. The molecule has 9 heteroatoms. The predicted octanol–water partition coefficient (Wildman–Crippen LogP) is 2.58. The van der Waals surface area contributed by atoms with Crippen LogP contribution in [0.25, 0.3) is 0 Å². The maximum absolute atomic E-state index is 12.6. The van der Waals surface area contributed by atoms with E-state index in [-0.39, 0.29) is 6.03 Å². The van der Waals surface area contributed by atoms with Gasteiger partial charge in [-0.25, -0.2) is 14.2 Å².